The van der Waals surface area contributed by atoms with E-state index in [1.165, 1.54) is 22.0 Å². The minimum Gasteiger partial charge on any atom is -0.497 e. The maximum Gasteiger partial charge on any atom is 0.191 e. The standard InChI is InChI=1S/C33H44N2O2Si/c1-33(2,3)38(5,6)37-22-20-30(35-21-19-29-23-31(36-4)17-18-32(29)35)26-34(24-27-13-9-7-10-14-27)25-28-15-11-8-12-16-28/h7-19,21,23,30H,20,22,24-26H2,1-6H3/t30-/m1/s1. The van der Waals surface area contributed by atoms with E-state index in [9.17, 15) is 0 Å². The lowest BCUT2D eigenvalue weighted by atomic mass is 10.1. The molecule has 0 N–H and O–H groups in total. The number of fused-ring (bicyclic) bond motifs is 1. The predicted molar refractivity (Wildman–Crippen MR) is 162 cm³/mol. The fraction of sp³-hybridized carbons (Fsp3) is 0.394. The van der Waals surface area contributed by atoms with E-state index in [2.05, 4.69) is 134 Å². The molecule has 1 atom stereocenters. The third-order valence-electron chi connectivity index (χ3n) is 8.01. The molecule has 38 heavy (non-hydrogen) atoms. The summed E-state index contributed by atoms with van der Waals surface area (Å²) in [5, 5.41) is 1.41. The Morgan fingerprint density at radius 1 is 0.842 bits per heavy atom. The van der Waals surface area contributed by atoms with Crippen LogP contribution in [0.4, 0.5) is 0 Å². The molecule has 0 fully saturated rings. The van der Waals surface area contributed by atoms with Crippen LogP contribution in [0.25, 0.3) is 10.9 Å². The molecule has 0 aliphatic carbocycles. The van der Waals surface area contributed by atoms with Crippen molar-refractivity contribution in [2.45, 2.75) is 64.5 Å². The Labute approximate surface area is 230 Å². The molecule has 4 rings (SSSR count). The predicted octanol–water partition coefficient (Wildman–Crippen LogP) is 8.31. The van der Waals surface area contributed by atoms with Gasteiger partial charge in [0, 0.05) is 49.4 Å². The van der Waals surface area contributed by atoms with Crippen LogP contribution < -0.4 is 4.74 Å². The topological polar surface area (TPSA) is 26.6 Å². The Balaban J connectivity index is 1.63. The molecule has 5 heteroatoms. The maximum absolute atomic E-state index is 6.68. The first-order valence-electron chi connectivity index (χ1n) is 13.7. The fourth-order valence-corrected chi connectivity index (χ4v) is 5.80. The van der Waals surface area contributed by atoms with Crippen molar-refractivity contribution in [3.63, 3.8) is 0 Å². The number of aromatic nitrogens is 1. The number of nitrogens with zero attached hydrogens (tertiary/aromatic N) is 2. The molecular formula is C33H44N2O2Si. The Bertz CT molecular complexity index is 1240. The van der Waals surface area contributed by atoms with Crippen LogP contribution in [0.3, 0.4) is 0 Å². The van der Waals surface area contributed by atoms with Gasteiger partial charge in [-0.1, -0.05) is 81.4 Å². The third-order valence-corrected chi connectivity index (χ3v) is 12.5. The molecule has 0 radical (unpaired) electrons. The van der Waals surface area contributed by atoms with Crippen LogP contribution in [-0.2, 0) is 17.5 Å². The Morgan fingerprint density at radius 3 is 2.00 bits per heavy atom. The van der Waals surface area contributed by atoms with E-state index in [4.69, 9.17) is 9.16 Å². The molecule has 0 aliphatic heterocycles. The molecule has 1 aromatic heterocycles. The van der Waals surface area contributed by atoms with Crippen molar-refractivity contribution in [3.05, 3.63) is 102 Å². The molecule has 4 nitrogen and oxygen atoms in total. The molecule has 0 aliphatic rings. The zero-order valence-corrected chi connectivity index (χ0v) is 25.0. The minimum absolute atomic E-state index is 0.200. The van der Waals surface area contributed by atoms with Crippen LogP contribution in [-0.4, -0.2) is 38.0 Å². The van der Waals surface area contributed by atoms with Crippen molar-refractivity contribution in [3.8, 4) is 5.75 Å². The van der Waals surface area contributed by atoms with Crippen LogP contribution >= 0.6 is 0 Å². The van der Waals surface area contributed by atoms with Gasteiger partial charge in [-0.15, -0.1) is 0 Å². The zero-order valence-electron chi connectivity index (χ0n) is 24.0. The van der Waals surface area contributed by atoms with Crippen LogP contribution in [0, 0.1) is 0 Å². The van der Waals surface area contributed by atoms with Gasteiger partial charge in [-0.3, -0.25) is 4.90 Å². The van der Waals surface area contributed by atoms with Crippen molar-refractivity contribution in [1.82, 2.24) is 9.47 Å². The summed E-state index contributed by atoms with van der Waals surface area (Å²) in [6, 6.07) is 30.5. The SMILES string of the molecule is COc1ccc2c(ccn2[C@H](CCO[Si](C)(C)C(C)(C)C)CN(Cc2ccccc2)Cc2ccccc2)c1. The minimum atomic E-state index is -1.82. The van der Waals surface area contributed by atoms with E-state index in [1.54, 1.807) is 7.11 Å². The fourth-order valence-electron chi connectivity index (χ4n) is 4.74. The third kappa shape index (κ3) is 7.16. The lowest BCUT2D eigenvalue weighted by molar-refractivity contribution is 0.188. The van der Waals surface area contributed by atoms with Gasteiger partial charge in [0.2, 0.25) is 0 Å². The Hall–Kier alpha value is -2.86. The highest BCUT2D eigenvalue weighted by molar-refractivity contribution is 6.74. The molecule has 0 unspecified atom stereocenters. The molecule has 3 aromatic carbocycles. The van der Waals surface area contributed by atoms with E-state index in [-0.39, 0.29) is 11.1 Å². The summed E-state index contributed by atoms with van der Waals surface area (Å²) in [6.07, 6.45) is 3.20. The average molecular weight is 529 g/mol. The van der Waals surface area contributed by atoms with Gasteiger partial charge in [0.1, 0.15) is 5.75 Å². The number of ether oxygens (including phenoxy) is 1. The van der Waals surface area contributed by atoms with Crippen LogP contribution in [0.1, 0.15) is 44.4 Å². The number of benzene rings is 3. The van der Waals surface area contributed by atoms with Crippen molar-refractivity contribution >= 4 is 19.2 Å². The van der Waals surface area contributed by atoms with Crippen molar-refractivity contribution in [2.24, 2.45) is 0 Å². The number of rotatable bonds is 12. The van der Waals surface area contributed by atoms with Crippen molar-refractivity contribution < 1.29 is 9.16 Å². The first kappa shape index (κ1) is 28.2. The van der Waals surface area contributed by atoms with E-state index >= 15 is 0 Å². The van der Waals surface area contributed by atoms with Gasteiger partial charge >= 0.3 is 0 Å². The molecule has 202 valence electrons. The molecule has 1 heterocycles. The molecule has 0 spiro atoms. The molecule has 0 bridgehead atoms. The summed E-state index contributed by atoms with van der Waals surface area (Å²) < 4.78 is 14.6. The van der Waals surface area contributed by atoms with E-state index in [0.29, 0.717) is 0 Å². The van der Waals surface area contributed by atoms with Gasteiger partial charge in [0.05, 0.1) is 7.11 Å². The van der Waals surface area contributed by atoms with Gasteiger partial charge in [-0.25, -0.2) is 0 Å². The Kier molecular flexibility index (Phi) is 9.13. The van der Waals surface area contributed by atoms with E-state index in [1.807, 2.05) is 0 Å². The smallest absolute Gasteiger partial charge is 0.191 e. The molecule has 4 aromatic rings. The quantitative estimate of drug-likeness (QED) is 0.173. The highest BCUT2D eigenvalue weighted by Crippen LogP contribution is 2.37. The lowest BCUT2D eigenvalue weighted by Gasteiger charge is -2.37. The van der Waals surface area contributed by atoms with Crippen molar-refractivity contribution in [1.29, 1.82) is 0 Å². The van der Waals surface area contributed by atoms with Crippen LogP contribution in [0.15, 0.2) is 91.1 Å². The van der Waals surface area contributed by atoms with E-state index < -0.39 is 8.32 Å². The summed E-state index contributed by atoms with van der Waals surface area (Å²) in [4.78, 5) is 2.58. The maximum atomic E-state index is 6.68. The van der Waals surface area contributed by atoms with Gasteiger partial charge in [-0.05, 0) is 59.9 Å². The molecular weight excluding hydrogens is 484 g/mol. The van der Waals surface area contributed by atoms with Gasteiger partial charge in [-0.2, -0.15) is 0 Å². The summed E-state index contributed by atoms with van der Waals surface area (Å²) in [7, 11) is -0.0975. The van der Waals surface area contributed by atoms with Crippen molar-refractivity contribution in [2.75, 3.05) is 20.3 Å². The summed E-state index contributed by atoms with van der Waals surface area (Å²) in [5.74, 6) is 0.892. The second-order valence-electron chi connectivity index (χ2n) is 11.8. The zero-order chi connectivity index (χ0) is 27.2. The summed E-state index contributed by atoms with van der Waals surface area (Å²) in [5.41, 5.74) is 3.91. The normalized spacial score (nSPS) is 13.2. The second kappa shape index (κ2) is 12.3. The molecule has 0 saturated heterocycles. The first-order valence-corrected chi connectivity index (χ1v) is 16.7. The number of hydrogen-bond donors (Lipinski definition) is 0. The second-order valence-corrected chi connectivity index (χ2v) is 16.6. The lowest BCUT2D eigenvalue weighted by Crippen LogP contribution is -2.41. The highest BCUT2D eigenvalue weighted by Gasteiger charge is 2.37. The monoisotopic (exact) mass is 528 g/mol. The highest BCUT2D eigenvalue weighted by atomic mass is 28.4. The van der Waals surface area contributed by atoms with E-state index in [0.717, 1.165) is 38.4 Å². The first-order chi connectivity index (χ1) is 18.2. The summed E-state index contributed by atoms with van der Waals surface area (Å²) in [6.45, 7) is 15.1. The van der Waals surface area contributed by atoms with Gasteiger partial charge in [0.25, 0.3) is 0 Å². The molecule has 0 amide bonds. The molecule has 0 saturated carbocycles. The van der Waals surface area contributed by atoms with Crippen LogP contribution in [0.5, 0.6) is 5.75 Å². The summed E-state index contributed by atoms with van der Waals surface area (Å²) >= 11 is 0. The average Bonchev–Trinajstić information content (AvgIpc) is 3.31. The van der Waals surface area contributed by atoms with Gasteiger partial charge in [0.15, 0.2) is 8.32 Å². The number of methoxy groups -OCH3 is 1. The van der Waals surface area contributed by atoms with Crippen LogP contribution in [0.2, 0.25) is 18.1 Å². The number of hydrogen-bond acceptors (Lipinski definition) is 3. The van der Waals surface area contributed by atoms with Gasteiger partial charge < -0.3 is 13.7 Å². The largest absolute Gasteiger partial charge is 0.497 e. The Morgan fingerprint density at radius 2 is 1.45 bits per heavy atom.